The number of nitrogens with one attached hydrogen (secondary N) is 1. The van der Waals surface area contributed by atoms with Crippen molar-refractivity contribution in [2.24, 2.45) is 0 Å². The van der Waals surface area contributed by atoms with Gasteiger partial charge in [0.15, 0.2) is 5.65 Å². The first-order chi connectivity index (χ1) is 6.47. The second kappa shape index (κ2) is 2.93. The summed E-state index contributed by atoms with van der Waals surface area (Å²) in [6.45, 7) is 1.76. The standard InChI is InChI=1S/C7H6ClN3O2S/c1-4-10-6-2-5(14(8,12)13)3-9-7(6)11-4/h2-3H,1H3,(H,9,10,11). The molecule has 0 aromatic carbocycles. The second-order valence-corrected chi connectivity index (χ2v) is 5.37. The summed E-state index contributed by atoms with van der Waals surface area (Å²) in [7, 11) is 1.44. The maximum Gasteiger partial charge on any atom is 0.262 e. The summed E-state index contributed by atoms with van der Waals surface area (Å²) in [6, 6.07) is 1.41. The highest BCUT2D eigenvalue weighted by molar-refractivity contribution is 8.13. The van der Waals surface area contributed by atoms with Crippen LogP contribution in [0, 0.1) is 6.92 Å². The third kappa shape index (κ3) is 1.58. The van der Waals surface area contributed by atoms with Crippen LogP contribution in [-0.4, -0.2) is 23.4 Å². The van der Waals surface area contributed by atoms with Crippen LogP contribution in [0.5, 0.6) is 0 Å². The Bertz CT molecular complexity index is 590. The van der Waals surface area contributed by atoms with Gasteiger partial charge in [0.05, 0.1) is 5.52 Å². The number of hydrogen-bond donors (Lipinski definition) is 1. The minimum absolute atomic E-state index is 0.0321. The molecule has 0 radical (unpaired) electrons. The van der Waals surface area contributed by atoms with E-state index in [-0.39, 0.29) is 4.90 Å². The van der Waals surface area contributed by atoms with E-state index in [9.17, 15) is 8.42 Å². The third-order valence-electron chi connectivity index (χ3n) is 1.71. The van der Waals surface area contributed by atoms with Crippen LogP contribution in [0.2, 0.25) is 0 Å². The van der Waals surface area contributed by atoms with Gasteiger partial charge in [-0.2, -0.15) is 0 Å². The minimum Gasteiger partial charge on any atom is -0.341 e. The second-order valence-electron chi connectivity index (χ2n) is 2.80. The fraction of sp³-hybridized carbons (Fsp3) is 0.143. The van der Waals surface area contributed by atoms with E-state index in [0.717, 1.165) is 0 Å². The van der Waals surface area contributed by atoms with Crippen molar-refractivity contribution in [3.8, 4) is 0 Å². The van der Waals surface area contributed by atoms with Crippen molar-refractivity contribution in [1.29, 1.82) is 0 Å². The van der Waals surface area contributed by atoms with Gasteiger partial charge in [0.25, 0.3) is 9.05 Å². The zero-order valence-corrected chi connectivity index (χ0v) is 8.72. The van der Waals surface area contributed by atoms with Crippen LogP contribution < -0.4 is 0 Å². The van der Waals surface area contributed by atoms with Crippen molar-refractivity contribution in [1.82, 2.24) is 15.0 Å². The number of fused-ring (bicyclic) bond motifs is 1. The highest BCUT2D eigenvalue weighted by atomic mass is 35.7. The molecule has 0 bridgehead atoms. The Morgan fingerprint density at radius 3 is 2.86 bits per heavy atom. The van der Waals surface area contributed by atoms with E-state index >= 15 is 0 Å². The van der Waals surface area contributed by atoms with Gasteiger partial charge in [-0.15, -0.1) is 0 Å². The Hall–Kier alpha value is -1.14. The number of hydrogen-bond acceptors (Lipinski definition) is 4. The van der Waals surface area contributed by atoms with E-state index < -0.39 is 9.05 Å². The average molecular weight is 232 g/mol. The molecule has 1 N–H and O–H groups in total. The minimum atomic E-state index is -3.72. The lowest BCUT2D eigenvalue weighted by atomic mass is 10.4. The normalized spacial score (nSPS) is 12.1. The van der Waals surface area contributed by atoms with Crippen molar-refractivity contribution in [2.75, 3.05) is 0 Å². The van der Waals surface area contributed by atoms with Crippen LogP contribution >= 0.6 is 10.7 Å². The maximum atomic E-state index is 11.0. The highest BCUT2D eigenvalue weighted by Gasteiger charge is 2.12. The molecule has 5 nitrogen and oxygen atoms in total. The molecular formula is C7H6ClN3O2S. The molecule has 2 aromatic rings. The van der Waals surface area contributed by atoms with E-state index in [2.05, 4.69) is 15.0 Å². The van der Waals surface area contributed by atoms with E-state index in [4.69, 9.17) is 10.7 Å². The molecule has 0 aliphatic rings. The summed E-state index contributed by atoms with van der Waals surface area (Å²) in [4.78, 5) is 10.7. The van der Waals surface area contributed by atoms with Gasteiger partial charge >= 0.3 is 0 Å². The maximum absolute atomic E-state index is 11.0. The molecule has 74 valence electrons. The van der Waals surface area contributed by atoms with E-state index in [0.29, 0.717) is 17.0 Å². The molecular weight excluding hydrogens is 226 g/mol. The molecule has 7 heteroatoms. The molecule has 0 saturated heterocycles. The van der Waals surface area contributed by atoms with Crippen LogP contribution in [0.1, 0.15) is 5.82 Å². The summed E-state index contributed by atoms with van der Waals surface area (Å²) in [5.41, 5.74) is 1.04. The molecule has 0 fully saturated rings. The summed E-state index contributed by atoms with van der Waals surface area (Å²) in [6.07, 6.45) is 1.19. The van der Waals surface area contributed by atoms with Crippen LogP contribution in [-0.2, 0) is 9.05 Å². The lowest BCUT2D eigenvalue weighted by molar-refractivity contribution is 0.609. The Morgan fingerprint density at radius 2 is 2.21 bits per heavy atom. The predicted molar refractivity (Wildman–Crippen MR) is 51.7 cm³/mol. The zero-order chi connectivity index (χ0) is 10.3. The first-order valence-corrected chi connectivity index (χ1v) is 6.05. The quantitative estimate of drug-likeness (QED) is 0.748. The number of nitrogens with zero attached hydrogens (tertiary/aromatic N) is 2. The van der Waals surface area contributed by atoms with E-state index in [1.54, 1.807) is 6.92 Å². The van der Waals surface area contributed by atoms with Crippen LogP contribution in [0.4, 0.5) is 0 Å². The Morgan fingerprint density at radius 1 is 1.50 bits per heavy atom. The fourth-order valence-corrected chi connectivity index (χ4v) is 1.82. The highest BCUT2D eigenvalue weighted by Crippen LogP contribution is 2.17. The first-order valence-electron chi connectivity index (χ1n) is 3.74. The number of imidazole rings is 1. The number of pyridine rings is 1. The van der Waals surface area contributed by atoms with Crippen LogP contribution in [0.25, 0.3) is 11.2 Å². The van der Waals surface area contributed by atoms with Gasteiger partial charge < -0.3 is 4.98 Å². The van der Waals surface area contributed by atoms with Crippen molar-refractivity contribution in [3.63, 3.8) is 0 Å². The molecule has 0 aliphatic heterocycles. The summed E-state index contributed by atoms with van der Waals surface area (Å²) in [5, 5.41) is 0. The molecule has 0 unspecified atom stereocenters. The number of rotatable bonds is 1. The van der Waals surface area contributed by atoms with Crippen molar-refractivity contribution >= 4 is 30.9 Å². The topological polar surface area (TPSA) is 75.7 Å². The summed E-state index contributed by atoms with van der Waals surface area (Å²) >= 11 is 0. The smallest absolute Gasteiger partial charge is 0.262 e. The van der Waals surface area contributed by atoms with Gasteiger partial charge in [-0.3, -0.25) is 0 Å². The molecule has 2 aromatic heterocycles. The molecule has 2 heterocycles. The SMILES string of the molecule is Cc1nc2ncc(S(=O)(=O)Cl)cc2[nH]1. The van der Waals surface area contributed by atoms with E-state index in [1.807, 2.05) is 0 Å². The zero-order valence-electron chi connectivity index (χ0n) is 7.15. The van der Waals surface area contributed by atoms with Gasteiger partial charge in [0.1, 0.15) is 10.7 Å². The number of aromatic amines is 1. The molecule has 0 saturated carbocycles. The Kier molecular flexibility index (Phi) is 1.97. The average Bonchev–Trinajstić information content (AvgIpc) is 2.41. The lowest BCUT2D eigenvalue weighted by Crippen LogP contribution is -1.91. The number of aryl methyl sites for hydroxylation is 1. The molecule has 0 spiro atoms. The molecule has 2 rings (SSSR count). The fourth-order valence-electron chi connectivity index (χ4n) is 1.13. The predicted octanol–water partition coefficient (Wildman–Crippen LogP) is 1.19. The number of aromatic nitrogens is 3. The van der Waals surface area contributed by atoms with Crippen molar-refractivity contribution < 1.29 is 8.42 Å². The number of halogens is 1. The van der Waals surface area contributed by atoms with Crippen LogP contribution in [0.3, 0.4) is 0 Å². The Balaban J connectivity index is 2.74. The number of H-pyrrole nitrogens is 1. The van der Waals surface area contributed by atoms with Crippen molar-refractivity contribution in [2.45, 2.75) is 11.8 Å². The molecule has 14 heavy (non-hydrogen) atoms. The molecule has 0 amide bonds. The molecule has 0 aliphatic carbocycles. The van der Waals surface area contributed by atoms with Crippen molar-refractivity contribution in [3.05, 3.63) is 18.1 Å². The molecule has 0 atom stereocenters. The summed E-state index contributed by atoms with van der Waals surface area (Å²) in [5.74, 6) is 0.677. The lowest BCUT2D eigenvalue weighted by Gasteiger charge is -1.93. The van der Waals surface area contributed by atoms with Gasteiger partial charge in [-0.05, 0) is 13.0 Å². The van der Waals surface area contributed by atoms with Gasteiger partial charge in [-0.1, -0.05) is 0 Å². The van der Waals surface area contributed by atoms with E-state index in [1.165, 1.54) is 12.3 Å². The first kappa shape index (κ1) is 9.42. The van der Waals surface area contributed by atoms with Gasteiger partial charge in [-0.25, -0.2) is 18.4 Å². The summed E-state index contributed by atoms with van der Waals surface area (Å²) < 4.78 is 21.9. The third-order valence-corrected chi connectivity index (χ3v) is 3.03. The Labute approximate surface area is 84.6 Å². The van der Waals surface area contributed by atoms with Gasteiger partial charge in [0.2, 0.25) is 0 Å². The monoisotopic (exact) mass is 231 g/mol. The largest absolute Gasteiger partial charge is 0.341 e. The van der Waals surface area contributed by atoms with Gasteiger partial charge in [0, 0.05) is 16.9 Å². The van der Waals surface area contributed by atoms with Crippen LogP contribution in [0.15, 0.2) is 17.2 Å².